The number of aromatic nitrogens is 2. The van der Waals surface area contributed by atoms with Gasteiger partial charge in [-0.05, 0) is 12.8 Å². The lowest BCUT2D eigenvalue weighted by molar-refractivity contribution is 0.121. The van der Waals surface area contributed by atoms with Crippen LogP contribution in [0.2, 0.25) is 0 Å². The molecular formula is C14H20FN3OS. The van der Waals surface area contributed by atoms with E-state index in [-0.39, 0.29) is 12.1 Å². The first-order chi connectivity index (χ1) is 9.78. The Morgan fingerprint density at radius 1 is 1.40 bits per heavy atom. The van der Waals surface area contributed by atoms with Crippen LogP contribution in [0.1, 0.15) is 12.8 Å². The summed E-state index contributed by atoms with van der Waals surface area (Å²) in [5, 5.41) is 0. The summed E-state index contributed by atoms with van der Waals surface area (Å²) in [4.78, 5) is 10.1. The lowest BCUT2D eigenvalue weighted by Gasteiger charge is -2.29. The number of rotatable bonds is 7. The highest BCUT2D eigenvalue weighted by atomic mass is 32.2. The minimum Gasteiger partial charge on any atom is -0.459 e. The first-order valence-electron chi connectivity index (χ1n) is 6.83. The standard InChI is InChI=1S/C14H20FN3OS/c1-2-3-4-13(11-18-5-7-20-8-6-18)19-14-16-9-12(15)10-17-14/h2,9-10,13H,1,3-8,11H2/t13-/m0/s1. The second-order valence-electron chi connectivity index (χ2n) is 4.70. The molecule has 1 aliphatic heterocycles. The minimum absolute atomic E-state index is 0.0153. The summed E-state index contributed by atoms with van der Waals surface area (Å²) in [7, 11) is 0. The van der Waals surface area contributed by atoms with E-state index in [1.54, 1.807) is 0 Å². The molecule has 0 bridgehead atoms. The van der Waals surface area contributed by atoms with Crippen molar-refractivity contribution in [3.05, 3.63) is 30.9 Å². The average molecular weight is 297 g/mol. The first kappa shape index (κ1) is 15.3. The Kier molecular flexibility index (Phi) is 6.26. The first-order valence-corrected chi connectivity index (χ1v) is 7.98. The van der Waals surface area contributed by atoms with Crippen molar-refractivity contribution in [2.75, 3.05) is 31.1 Å². The third-order valence-electron chi connectivity index (χ3n) is 3.13. The van der Waals surface area contributed by atoms with Gasteiger partial charge in [-0.25, -0.2) is 14.4 Å². The van der Waals surface area contributed by atoms with Crippen molar-refractivity contribution in [1.82, 2.24) is 14.9 Å². The molecule has 2 heterocycles. The van der Waals surface area contributed by atoms with E-state index in [4.69, 9.17) is 4.74 Å². The third kappa shape index (κ3) is 5.09. The van der Waals surface area contributed by atoms with Gasteiger partial charge >= 0.3 is 6.01 Å². The van der Waals surface area contributed by atoms with Gasteiger partial charge in [0.2, 0.25) is 0 Å². The quantitative estimate of drug-likeness (QED) is 0.723. The maximum atomic E-state index is 12.8. The summed E-state index contributed by atoms with van der Waals surface area (Å²) >= 11 is 1.98. The largest absolute Gasteiger partial charge is 0.459 e. The number of allylic oxidation sites excluding steroid dienone is 1. The Labute approximate surface area is 123 Å². The predicted octanol–water partition coefficient (Wildman–Crippen LogP) is 2.38. The van der Waals surface area contributed by atoms with Crippen LogP contribution in [0.4, 0.5) is 4.39 Å². The average Bonchev–Trinajstić information content (AvgIpc) is 2.48. The third-order valence-corrected chi connectivity index (χ3v) is 4.07. The van der Waals surface area contributed by atoms with Crippen LogP contribution in [0.25, 0.3) is 0 Å². The van der Waals surface area contributed by atoms with Crippen LogP contribution < -0.4 is 4.74 Å². The van der Waals surface area contributed by atoms with Gasteiger partial charge in [0, 0.05) is 31.1 Å². The zero-order valence-corrected chi connectivity index (χ0v) is 12.3. The summed E-state index contributed by atoms with van der Waals surface area (Å²) in [5.41, 5.74) is 0. The number of halogens is 1. The predicted molar refractivity (Wildman–Crippen MR) is 79.6 cm³/mol. The molecule has 1 saturated heterocycles. The fraction of sp³-hybridized carbons (Fsp3) is 0.571. The van der Waals surface area contributed by atoms with Gasteiger partial charge in [-0.3, -0.25) is 4.90 Å². The Morgan fingerprint density at radius 2 is 2.10 bits per heavy atom. The van der Waals surface area contributed by atoms with Crippen molar-refractivity contribution in [2.24, 2.45) is 0 Å². The molecule has 2 rings (SSSR count). The van der Waals surface area contributed by atoms with Crippen molar-refractivity contribution < 1.29 is 9.13 Å². The molecule has 0 saturated carbocycles. The molecule has 0 unspecified atom stereocenters. The lowest BCUT2D eigenvalue weighted by atomic mass is 10.2. The highest BCUT2D eigenvalue weighted by Crippen LogP contribution is 2.14. The molecule has 1 fully saturated rings. The summed E-state index contributed by atoms with van der Waals surface area (Å²) in [6.07, 6.45) is 5.91. The summed E-state index contributed by atoms with van der Waals surface area (Å²) in [6, 6.07) is 0.242. The molecule has 0 amide bonds. The molecule has 0 aromatic carbocycles. The summed E-state index contributed by atoms with van der Waals surface area (Å²) < 4.78 is 18.6. The van der Waals surface area contributed by atoms with Crippen molar-refractivity contribution in [2.45, 2.75) is 18.9 Å². The van der Waals surface area contributed by atoms with Gasteiger partial charge in [0.15, 0.2) is 5.82 Å². The van der Waals surface area contributed by atoms with Crippen molar-refractivity contribution >= 4 is 11.8 Å². The molecular weight excluding hydrogens is 277 g/mol. The number of thioether (sulfide) groups is 1. The summed E-state index contributed by atoms with van der Waals surface area (Å²) in [6.45, 7) is 6.77. The van der Waals surface area contributed by atoms with Crippen LogP contribution in [0.15, 0.2) is 25.0 Å². The number of nitrogens with zero attached hydrogens (tertiary/aromatic N) is 3. The molecule has 1 atom stereocenters. The van der Waals surface area contributed by atoms with Gasteiger partial charge in [-0.2, -0.15) is 11.8 Å². The molecule has 4 nitrogen and oxygen atoms in total. The zero-order chi connectivity index (χ0) is 14.2. The van der Waals surface area contributed by atoms with Gasteiger partial charge in [0.1, 0.15) is 6.10 Å². The number of hydrogen-bond acceptors (Lipinski definition) is 5. The summed E-state index contributed by atoms with van der Waals surface area (Å²) in [5.74, 6) is 1.88. The topological polar surface area (TPSA) is 38.2 Å². The van der Waals surface area contributed by atoms with Gasteiger partial charge in [-0.15, -0.1) is 6.58 Å². The molecule has 1 aliphatic rings. The molecule has 6 heteroatoms. The van der Waals surface area contributed by atoms with Crippen LogP contribution in [0, 0.1) is 5.82 Å². The van der Waals surface area contributed by atoms with Gasteiger partial charge < -0.3 is 4.74 Å². The maximum Gasteiger partial charge on any atom is 0.316 e. The van der Waals surface area contributed by atoms with E-state index in [2.05, 4.69) is 21.4 Å². The van der Waals surface area contributed by atoms with Crippen LogP contribution in [0.5, 0.6) is 6.01 Å². The van der Waals surface area contributed by atoms with Crippen LogP contribution in [-0.2, 0) is 0 Å². The van der Waals surface area contributed by atoms with E-state index in [1.807, 2.05) is 17.8 Å². The number of ether oxygens (including phenoxy) is 1. The molecule has 0 aliphatic carbocycles. The molecule has 110 valence electrons. The Balaban J connectivity index is 1.91. The number of hydrogen-bond donors (Lipinski definition) is 0. The van der Waals surface area contributed by atoms with Crippen molar-refractivity contribution in [3.63, 3.8) is 0 Å². The second-order valence-corrected chi connectivity index (χ2v) is 5.93. The molecule has 20 heavy (non-hydrogen) atoms. The highest BCUT2D eigenvalue weighted by Gasteiger charge is 2.18. The monoisotopic (exact) mass is 297 g/mol. The second kappa shape index (κ2) is 8.21. The van der Waals surface area contributed by atoms with E-state index in [9.17, 15) is 4.39 Å². The Hall–Kier alpha value is -1.14. The Bertz CT molecular complexity index is 409. The van der Waals surface area contributed by atoms with E-state index >= 15 is 0 Å². The minimum atomic E-state index is -0.451. The highest BCUT2D eigenvalue weighted by molar-refractivity contribution is 7.99. The SMILES string of the molecule is C=CCC[C@@H](CN1CCSCC1)Oc1ncc(F)cn1. The van der Waals surface area contributed by atoms with Crippen molar-refractivity contribution in [1.29, 1.82) is 0 Å². The fourth-order valence-electron chi connectivity index (χ4n) is 2.07. The molecule has 1 aromatic rings. The lowest BCUT2D eigenvalue weighted by Crippen LogP contribution is -2.40. The normalized spacial score (nSPS) is 17.6. The molecule has 0 N–H and O–H groups in total. The van der Waals surface area contributed by atoms with Crippen molar-refractivity contribution in [3.8, 4) is 6.01 Å². The molecule has 0 spiro atoms. The van der Waals surface area contributed by atoms with E-state index in [0.29, 0.717) is 0 Å². The van der Waals surface area contributed by atoms with Crippen LogP contribution in [-0.4, -0.2) is 52.1 Å². The smallest absolute Gasteiger partial charge is 0.316 e. The Morgan fingerprint density at radius 3 is 2.75 bits per heavy atom. The van der Waals surface area contributed by atoms with E-state index < -0.39 is 5.82 Å². The molecule has 1 aromatic heterocycles. The van der Waals surface area contributed by atoms with Crippen LogP contribution in [0.3, 0.4) is 0 Å². The van der Waals surface area contributed by atoms with Gasteiger partial charge in [0.05, 0.1) is 12.4 Å². The van der Waals surface area contributed by atoms with Gasteiger partial charge in [0.25, 0.3) is 0 Å². The van der Waals surface area contributed by atoms with Gasteiger partial charge in [-0.1, -0.05) is 6.08 Å². The zero-order valence-electron chi connectivity index (χ0n) is 11.5. The maximum absolute atomic E-state index is 12.8. The van der Waals surface area contributed by atoms with E-state index in [0.717, 1.165) is 44.9 Å². The van der Waals surface area contributed by atoms with Crippen LogP contribution >= 0.6 is 11.8 Å². The fourth-order valence-corrected chi connectivity index (χ4v) is 3.05. The van der Waals surface area contributed by atoms with E-state index in [1.165, 1.54) is 11.5 Å². The molecule has 0 radical (unpaired) electrons.